The van der Waals surface area contributed by atoms with E-state index >= 15 is 0 Å². The summed E-state index contributed by atoms with van der Waals surface area (Å²) in [5.74, 6) is 2.60. The number of alkyl halides is 2. The summed E-state index contributed by atoms with van der Waals surface area (Å²) in [7, 11) is 0. The van der Waals surface area contributed by atoms with Gasteiger partial charge in [-0.15, -0.1) is 12.3 Å². The van der Waals surface area contributed by atoms with Crippen LogP contribution in [0.15, 0.2) is 24.3 Å². The van der Waals surface area contributed by atoms with Crippen LogP contribution in [-0.2, 0) is 6.42 Å². The smallest absolute Gasteiger partial charge is 0.387 e. The predicted octanol–water partition coefficient (Wildman–Crippen LogP) is 2.46. The normalized spacial score (nSPS) is 9.69. The number of hydrogen-bond donors (Lipinski definition) is 0. The molecular formula is C10H8F2O. The van der Waals surface area contributed by atoms with Gasteiger partial charge in [-0.05, 0) is 17.7 Å². The molecule has 0 aliphatic carbocycles. The van der Waals surface area contributed by atoms with Gasteiger partial charge in [0.25, 0.3) is 0 Å². The van der Waals surface area contributed by atoms with Crippen LogP contribution >= 0.6 is 0 Å². The van der Waals surface area contributed by atoms with Crippen molar-refractivity contribution in [2.24, 2.45) is 0 Å². The lowest BCUT2D eigenvalue weighted by molar-refractivity contribution is -0.0498. The van der Waals surface area contributed by atoms with Gasteiger partial charge in [-0.2, -0.15) is 8.78 Å². The van der Waals surface area contributed by atoms with Gasteiger partial charge in [0.1, 0.15) is 5.75 Å². The molecule has 3 heteroatoms. The van der Waals surface area contributed by atoms with Crippen molar-refractivity contribution >= 4 is 0 Å². The van der Waals surface area contributed by atoms with Crippen molar-refractivity contribution in [3.05, 3.63) is 29.8 Å². The molecule has 0 bridgehead atoms. The van der Waals surface area contributed by atoms with E-state index in [0.717, 1.165) is 5.56 Å². The predicted molar refractivity (Wildman–Crippen MR) is 45.6 cm³/mol. The van der Waals surface area contributed by atoms with Gasteiger partial charge in [0.05, 0.1) is 0 Å². The summed E-state index contributed by atoms with van der Waals surface area (Å²) < 4.78 is 27.6. The molecule has 0 amide bonds. The second-order valence-electron chi connectivity index (χ2n) is 2.40. The molecule has 68 valence electrons. The molecule has 13 heavy (non-hydrogen) atoms. The minimum Gasteiger partial charge on any atom is -0.435 e. The van der Waals surface area contributed by atoms with Crippen LogP contribution in [0.25, 0.3) is 0 Å². The monoisotopic (exact) mass is 182 g/mol. The molecule has 0 aliphatic heterocycles. The van der Waals surface area contributed by atoms with Crippen LogP contribution in [0.5, 0.6) is 5.75 Å². The molecule has 0 aliphatic rings. The van der Waals surface area contributed by atoms with Crippen LogP contribution in [0.4, 0.5) is 8.78 Å². The zero-order chi connectivity index (χ0) is 9.68. The lowest BCUT2D eigenvalue weighted by Gasteiger charge is -2.03. The van der Waals surface area contributed by atoms with Gasteiger partial charge in [0.2, 0.25) is 0 Å². The maximum atomic E-state index is 11.7. The average molecular weight is 182 g/mol. The lowest BCUT2D eigenvalue weighted by atomic mass is 10.1. The third kappa shape index (κ3) is 3.12. The van der Waals surface area contributed by atoms with Crippen molar-refractivity contribution < 1.29 is 13.5 Å². The lowest BCUT2D eigenvalue weighted by Crippen LogP contribution is -2.01. The van der Waals surface area contributed by atoms with Crippen LogP contribution in [0.3, 0.4) is 0 Å². The number of terminal acetylenes is 1. The van der Waals surface area contributed by atoms with E-state index in [4.69, 9.17) is 6.42 Å². The van der Waals surface area contributed by atoms with Gasteiger partial charge >= 0.3 is 6.61 Å². The van der Waals surface area contributed by atoms with Crippen molar-refractivity contribution in [3.63, 3.8) is 0 Å². The van der Waals surface area contributed by atoms with E-state index in [1.165, 1.54) is 12.1 Å². The van der Waals surface area contributed by atoms with Crippen molar-refractivity contribution in [1.82, 2.24) is 0 Å². The van der Waals surface area contributed by atoms with Crippen LogP contribution < -0.4 is 4.74 Å². The fraction of sp³-hybridized carbons (Fsp3) is 0.200. The topological polar surface area (TPSA) is 9.23 Å². The van der Waals surface area contributed by atoms with Crippen molar-refractivity contribution in [3.8, 4) is 18.1 Å². The number of benzene rings is 1. The first kappa shape index (κ1) is 9.53. The van der Waals surface area contributed by atoms with E-state index in [2.05, 4.69) is 10.7 Å². The van der Waals surface area contributed by atoms with E-state index in [0.29, 0.717) is 6.42 Å². The highest BCUT2D eigenvalue weighted by molar-refractivity contribution is 5.29. The summed E-state index contributed by atoms with van der Waals surface area (Å²) in [4.78, 5) is 0. The van der Waals surface area contributed by atoms with Crippen LogP contribution in [-0.4, -0.2) is 6.61 Å². The first-order chi connectivity index (χ1) is 6.22. The fourth-order valence-electron chi connectivity index (χ4n) is 0.907. The summed E-state index contributed by atoms with van der Waals surface area (Å²) in [6, 6.07) is 6.27. The van der Waals surface area contributed by atoms with Crippen molar-refractivity contribution in [2.45, 2.75) is 13.0 Å². The van der Waals surface area contributed by atoms with Crippen molar-refractivity contribution in [2.75, 3.05) is 0 Å². The van der Waals surface area contributed by atoms with E-state index in [1.807, 2.05) is 0 Å². The molecular weight excluding hydrogens is 174 g/mol. The Labute approximate surface area is 75.3 Å². The zero-order valence-electron chi connectivity index (χ0n) is 6.84. The van der Waals surface area contributed by atoms with Crippen LogP contribution in [0.1, 0.15) is 5.56 Å². The standard InChI is InChI=1S/C10H8F2O/c1-2-3-8-4-6-9(7-5-8)13-10(11)12/h1,4-7,10H,3H2. The maximum Gasteiger partial charge on any atom is 0.387 e. The summed E-state index contributed by atoms with van der Waals surface area (Å²) in [6.45, 7) is -2.78. The molecule has 0 heterocycles. The fourth-order valence-corrected chi connectivity index (χ4v) is 0.907. The summed E-state index contributed by atoms with van der Waals surface area (Å²) in [6.07, 6.45) is 5.57. The number of hydrogen-bond acceptors (Lipinski definition) is 1. The summed E-state index contributed by atoms with van der Waals surface area (Å²) in [5, 5.41) is 0. The minimum atomic E-state index is -2.78. The Kier molecular flexibility index (Phi) is 3.27. The first-order valence-corrected chi connectivity index (χ1v) is 3.69. The molecule has 0 atom stereocenters. The van der Waals surface area contributed by atoms with Gasteiger partial charge in [0.15, 0.2) is 0 Å². The highest BCUT2D eigenvalue weighted by Crippen LogP contribution is 2.14. The molecule has 1 nitrogen and oxygen atoms in total. The molecule has 0 unspecified atom stereocenters. The second kappa shape index (κ2) is 4.46. The Morgan fingerprint density at radius 3 is 2.38 bits per heavy atom. The largest absolute Gasteiger partial charge is 0.435 e. The average Bonchev–Trinajstić information content (AvgIpc) is 2.08. The van der Waals surface area contributed by atoms with Crippen LogP contribution in [0.2, 0.25) is 0 Å². The SMILES string of the molecule is C#CCc1ccc(OC(F)F)cc1. The molecule has 0 radical (unpaired) electrons. The molecule has 0 spiro atoms. The molecule has 0 saturated heterocycles. The summed E-state index contributed by atoms with van der Waals surface area (Å²) >= 11 is 0. The molecule has 0 fully saturated rings. The Morgan fingerprint density at radius 2 is 1.92 bits per heavy atom. The number of halogens is 2. The Bertz CT molecular complexity index is 298. The van der Waals surface area contributed by atoms with Crippen LogP contribution in [0, 0.1) is 12.3 Å². The Balaban J connectivity index is 2.65. The number of ether oxygens (including phenoxy) is 1. The van der Waals surface area contributed by atoms with E-state index < -0.39 is 6.61 Å². The Hall–Kier alpha value is -1.56. The molecule has 1 aromatic rings. The van der Waals surface area contributed by atoms with E-state index in [-0.39, 0.29) is 5.75 Å². The molecule has 1 aromatic carbocycles. The van der Waals surface area contributed by atoms with Gasteiger partial charge in [-0.3, -0.25) is 0 Å². The zero-order valence-corrected chi connectivity index (χ0v) is 6.84. The first-order valence-electron chi connectivity index (χ1n) is 3.69. The number of rotatable bonds is 3. The van der Waals surface area contributed by atoms with Crippen molar-refractivity contribution in [1.29, 1.82) is 0 Å². The molecule has 1 rings (SSSR count). The van der Waals surface area contributed by atoms with E-state index in [1.54, 1.807) is 12.1 Å². The highest BCUT2D eigenvalue weighted by Gasteiger charge is 2.02. The Morgan fingerprint density at radius 1 is 1.31 bits per heavy atom. The third-order valence-electron chi connectivity index (χ3n) is 1.45. The molecule has 0 aromatic heterocycles. The van der Waals surface area contributed by atoms with Gasteiger partial charge in [0, 0.05) is 6.42 Å². The maximum absolute atomic E-state index is 11.7. The summed E-state index contributed by atoms with van der Waals surface area (Å²) in [5.41, 5.74) is 0.907. The molecule has 0 saturated carbocycles. The molecule has 0 N–H and O–H groups in total. The van der Waals surface area contributed by atoms with Gasteiger partial charge in [-0.1, -0.05) is 12.1 Å². The van der Waals surface area contributed by atoms with Gasteiger partial charge < -0.3 is 4.74 Å². The third-order valence-corrected chi connectivity index (χ3v) is 1.45. The van der Waals surface area contributed by atoms with Gasteiger partial charge in [-0.25, -0.2) is 0 Å². The quantitative estimate of drug-likeness (QED) is 0.652. The minimum absolute atomic E-state index is 0.149. The second-order valence-corrected chi connectivity index (χ2v) is 2.40. The highest BCUT2D eigenvalue weighted by atomic mass is 19.3. The van der Waals surface area contributed by atoms with E-state index in [9.17, 15) is 8.78 Å².